The molecule has 4 heteroatoms. The Morgan fingerprint density at radius 1 is 1.80 bits per heavy atom. The first-order valence-electron chi connectivity index (χ1n) is 3.08. The number of nitrogens with two attached hydrogens (primary N) is 1. The summed E-state index contributed by atoms with van der Waals surface area (Å²) in [6.07, 6.45) is 2.05. The summed E-state index contributed by atoms with van der Waals surface area (Å²) in [6.45, 7) is -0.0210. The second kappa shape index (κ2) is 3.34. The van der Waals surface area contributed by atoms with Crippen LogP contribution < -0.4 is 5.73 Å². The molecule has 0 aliphatic heterocycles. The molecule has 1 aromatic heterocycles. The Balaban J connectivity index is 2.40. The predicted octanol–water partition coefficient (Wildman–Crippen LogP) is -0.463. The van der Waals surface area contributed by atoms with Gasteiger partial charge in [0.2, 0.25) is 0 Å². The van der Waals surface area contributed by atoms with Gasteiger partial charge in [0, 0.05) is 18.5 Å². The van der Waals surface area contributed by atoms with E-state index in [1.54, 1.807) is 6.07 Å². The molecule has 0 aliphatic carbocycles. The smallest absolute Gasteiger partial charge is 0.124 e. The third-order valence-corrected chi connectivity index (χ3v) is 1.20. The van der Waals surface area contributed by atoms with E-state index in [0.29, 0.717) is 6.42 Å². The van der Waals surface area contributed by atoms with Crippen LogP contribution in [0.3, 0.4) is 0 Å². The molecule has 0 aliphatic rings. The van der Waals surface area contributed by atoms with E-state index >= 15 is 0 Å². The topological polar surface area (TPSA) is 72.3 Å². The van der Waals surface area contributed by atoms with Crippen LogP contribution in [0.4, 0.5) is 0 Å². The Hall–Kier alpha value is -0.870. The molecule has 0 fully saturated rings. The van der Waals surface area contributed by atoms with E-state index in [1.165, 1.54) is 6.26 Å². The van der Waals surface area contributed by atoms with Crippen molar-refractivity contribution >= 4 is 0 Å². The van der Waals surface area contributed by atoms with Gasteiger partial charge in [-0.15, -0.1) is 0 Å². The van der Waals surface area contributed by atoms with Crippen molar-refractivity contribution in [1.29, 1.82) is 0 Å². The summed E-state index contributed by atoms with van der Waals surface area (Å²) in [7, 11) is 0. The molecule has 10 heavy (non-hydrogen) atoms. The number of rotatable bonds is 3. The van der Waals surface area contributed by atoms with E-state index in [0.717, 1.165) is 5.69 Å². The highest BCUT2D eigenvalue weighted by atomic mass is 16.5. The standard InChI is InChI=1S/C6H10N2O2/c7-5(4-9)3-6-1-2-10-8-6/h1-2,5,9H,3-4,7H2. The van der Waals surface area contributed by atoms with Gasteiger partial charge < -0.3 is 15.4 Å². The third-order valence-electron chi connectivity index (χ3n) is 1.20. The predicted molar refractivity (Wildman–Crippen MR) is 35.3 cm³/mol. The molecule has 3 N–H and O–H groups in total. The maximum absolute atomic E-state index is 8.55. The first-order chi connectivity index (χ1) is 4.83. The lowest BCUT2D eigenvalue weighted by Gasteiger charge is -2.02. The summed E-state index contributed by atoms with van der Waals surface area (Å²) >= 11 is 0. The van der Waals surface area contributed by atoms with E-state index in [2.05, 4.69) is 9.68 Å². The van der Waals surface area contributed by atoms with Gasteiger partial charge in [0.05, 0.1) is 12.3 Å². The van der Waals surface area contributed by atoms with Gasteiger partial charge in [-0.3, -0.25) is 0 Å². The first-order valence-corrected chi connectivity index (χ1v) is 3.08. The summed E-state index contributed by atoms with van der Waals surface area (Å²) in [5.74, 6) is 0. The maximum atomic E-state index is 8.55. The zero-order valence-corrected chi connectivity index (χ0v) is 5.53. The summed E-state index contributed by atoms with van der Waals surface area (Å²) in [5.41, 5.74) is 6.21. The van der Waals surface area contributed by atoms with E-state index in [1.807, 2.05) is 0 Å². The minimum absolute atomic E-state index is 0.0210. The zero-order chi connectivity index (χ0) is 7.40. The van der Waals surface area contributed by atoms with Crippen molar-refractivity contribution in [3.05, 3.63) is 18.0 Å². The van der Waals surface area contributed by atoms with Crippen molar-refractivity contribution in [2.45, 2.75) is 12.5 Å². The molecule has 1 heterocycles. The molecule has 0 spiro atoms. The number of aliphatic hydroxyl groups excluding tert-OH is 1. The SMILES string of the molecule is NC(CO)Cc1ccon1. The monoisotopic (exact) mass is 142 g/mol. The Kier molecular flexibility index (Phi) is 2.42. The molecule has 0 saturated carbocycles. The van der Waals surface area contributed by atoms with E-state index in [4.69, 9.17) is 10.8 Å². The summed E-state index contributed by atoms with van der Waals surface area (Å²) in [5, 5.41) is 12.2. The number of nitrogens with zero attached hydrogens (tertiary/aromatic N) is 1. The molecular weight excluding hydrogens is 132 g/mol. The lowest BCUT2D eigenvalue weighted by molar-refractivity contribution is 0.263. The van der Waals surface area contributed by atoms with E-state index in [9.17, 15) is 0 Å². The van der Waals surface area contributed by atoms with Gasteiger partial charge in [0.25, 0.3) is 0 Å². The Morgan fingerprint density at radius 2 is 2.60 bits per heavy atom. The van der Waals surface area contributed by atoms with Crippen LogP contribution in [0, 0.1) is 0 Å². The number of aromatic nitrogens is 1. The van der Waals surface area contributed by atoms with Gasteiger partial charge in [-0.1, -0.05) is 5.16 Å². The molecule has 0 radical (unpaired) electrons. The van der Waals surface area contributed by atoms with Crippen LogP contribution in [0.5, 0.6) is 0 Å². The van der Waals surface area contributed by atoms with Crippen LogP contribution in [0.25, 0.3) is 0 Å². The van der Waals surface area contributed by atoms with Crippen molar-refractivity contribution < 1.29 is 9.63 Å². The highest BCUT2D eigenvalue weighted by Crippen LogP contribution is 1.97. The molecule has 4 nitrogen and oxygen atoms in total. The largest absolute Gasteiger partial charge is 0.395 e. The quantitative estimate of drug-likeness (QED) is 0.598. The second-order valence-electron chi connectivity index (χ2n) is 2.14. The van der Waals surface area contributed by atoms with Crippen LogP contribution in [0.15, 0.2) is 16.9 Å². The number of hydrogen-bond donors (Lipinski definition) is 2. The highest BCUT2D eigenvalue weighted by molar-refractivity contribution is 4.97. The zero-order valence-electron chi connectivity index (χ0n) is 5.53. The first kappa shape index (κ1) is 7.24. The Morgan fingerprint density at radius 3 is 3.10 bits per heavy atom. The molecule has 56 valence electrons. The molecule has 1 rings (SSSR count). The molecular formula is C6H10N2O2. The molecule has 0 bridgehead atoms. The van der Waals surface area contributed by atoms with Gasteiger partial charge in [0.1, 0.15) is 6.26 Å². The molecule has 0 saturated heterocycles. The normalized spacial score (nSPS) is 13.4. The minimum Gasteiger partial charge on any atom is -0.395 e. The average Bonchev–Trinajstić information content (AvgIpc) is 2.40. The van der Waals surface area contributed by atoms with Gasteiger partial charge >= 0.3 is 0 Å². The average molecular weight is 142 g/mol. The summed E-state index contributed by atoms with van der Waals surface area (Å²) < 4.78 is 4.57. The molecule has 0 aromatic carbocycles. The third kappa shape index (κ3) is 1.82. The van der Waals surface area contributed by atoms with Crippen molar-refractivity contribution in [2.75, 3.05) is 6.61 Å². The fourth-order valence-electron chi connectivity index (χ4n) is 0.676. The van der Waals surface area contributed by atoms with Crippen molar-refractivity contribution in [3.8, 4) is 0 Å². The van der Waals surface area contributed by atoms with Crippen molar-refractivity contribution in [2.24, 2.45) is 5.73 Å². The second-order valence-corrected chi connectivity index (χ2v) is 2.14. The van der Waals surface area contributed by atoms with Crippen LogP contribution in [0.2, 0.25) is 0 Å². The summed E-state index contributed by atoms with van der Waals surface area (Å²) in [6, 6.07) is 1.50. The molecule has 1 atom stereocenters. The van der Waals surface area contributed by atoms with Crippen molar-refractivity contribution in [3.63, 3.8) is 0 Å². The van der Waals surface area contributed by atoms with E-state index in [-0.39, 0.29) is 12.6 Å². The van der Waals surface area contributed by atoms with Crippen LogP contribution >= 0.6 is 0 Å². The van der Waals surface area contributed by atoms with Crippen molar-refractivity contribution in [1.82, 2.24) is 5.16 Å². The fourth-order valence-corrected chi connectivity index (χ4v) is 0.676. The van der Waals surface area contributed by atoms with Gasteiger partial charge in [-0.25, -0.2) is 0 Å². The summed E-state index contributed by atoms with van der Waals surface area (Å²) in [4.78, 5) is 0. The highest BCUT2D eigenvalue weighted by Gasteiger charge is 2.03. The molecule has 1 unspecified atom stereocenters. The van der Waals surface area contributed by atoms with Crippen LogP contribution in [-0.2, 0) is 6.42 Å². The number of hydrogen-bond acceptors (Lipinski definition) is 4. The minimum atomic E-state index is -0.231. The van der Waals surface area contributed by atoms with Crippen LogP contribution in [0.1, 0.15) is 5.69 Å². The van der Waals surface area contributed by atoms with Gasteiger partial charge in [-0.05, 0) is 0 Å². The molecule has 1 aromatic rings. The number of aliphatic hydroxyl groups is 1. The Bertz CT molecular complexity index is 174. The van der Waals surface area contributed by atoms with E-state index < -0.39 is 0 Å². The lowest BCUT2D eigenvalue weighted by Crippen LogP contribution is -2.26. The fraction of sp³-hybridized carbons (Fsp3) is 0.500. The Labute approximate surface area is 58.6 Å². The molecule has 0 amide bonds. The van der Waals surface area contributed by atoms with Gasteiger partial charge in [-0.2, -0.15) is 0 Å². The lowest BCUT2D eigenvalue weighted by atomic mass is 10.2. The maximum Gasteiger partial charge on any atom is 0.124 e. The van der Waals surface area contributed by atoms with Crippen LogP contribution in [-0.4, -0.2) is 22.9 Å². The van der Waals surface area contributed by atoms with Gasteiger partial charge in [0.15, 0.2) is 0 Å².